The standard InChI is InChI=1S/C10H18N2O5/c1-3-17-7(2)6-11-10(16)12-8(13)4-5-9(14)15/h7H,3-6H2,1-2H3,(H,14,15)(H2,11,12,13,16). The van der Waals surface area contributed by atoms with Crippen LogP contribution in [0.25, 0.3) is 0 Å². The first-order chi connectivity index (χ1) is 7.95. The number of urea groups is 1. The minimum atomic E-state index is -1.08. The number of ether oxygens (including phenoxy) is 1. The molecule has 0 aromatic carbocycles. The van der Waals surface area contributed by atoms with E-state index in [1.807, 2.05) is 12.2 Å². The molecule has 0 spiro atoms. The highest BCUT2D eigenvalue weighted by Crippen LogP contribution is 1.89. The average molecular weight is 246 g/mol. The van der Waals surface area contributed by atoms with E-state index in [0.29, 0.717) is 6.61 Å². The molecule has 7 heteroatoms. The summed E-state index contributed by atoms with van der Waals surface area (Å²) in [5.41, 5.74) is 0. The summed E-state index contributed by atoms with van der Waals surface area (Å²) in [5.74, 6) is -1.69. The maximum atomic E-state index is 11.2. The summed E-state index contributed by atoms with van der Waals surface area (Å²) < 4.78 is 5.17. The molecule has 0 aliphatic carbocycles. The van der Waals surface area contributed by atoms with Crippen molar-refractivity contribution in [3.05, 3.63) is 0 Å². The van der Waals surface area contributed by atoms with Gasteiger partial charge in [0.05, 0.1) is 12.5 Å². The third-order valence-electron chi connectivity index (χ3n) is 1.82. The highest BCUT2D eigenvalue weighted by atomic mass is 16.5. The monoisotopic (exact) mass is 246 g/mol. The Morgan fingerprint density at radius 1 is 1.29 bits per heavy atom. The van der Waals surface area contributed by atoms with Crippen LogP contribution in [0, 0.1) is 0 Å². The smallest absolute Gasteiger partial charge is 0.321 e. The van der Waals surface area contributed by atoms with E-state index in [0.717, 1.165) is 0 Å². The predicted molar refractivity (Wildman–Crippen MR) is 59.5 cm³/mol. The maximum Gasteiger partial charge on any atom is 0.321 e. The van der Waals surface area contributed by atoms with Crippen molar-refractivity contribution in [2.24, 2.45) is 0 Å². The summed E-state index contributed by atoms with van der Waals surface area (Å²) in [6.07, 6.45) is -0.655. The molecule has 0 aliphatic rings. The fourth-order valence-corrected chi connectivity index (χ4v) is 1.03. The minimum Gasteiger partial charge on any atom is -0.481 e. The van der Waals surface area contributed by atoms with Gasteiger partial charge >= 0.3 is 12.0 Å². The van der Waals surface area contributed by atoms with E-state index in [-0.39, 0.29) is 25.5 Å². The van der Waals surface area contributed by atoms with Crippen LogP contribution in [0.1, 0.15) is 26.7 Å². The van der Waals surface area contributed by atoms with Gasteiger partial charge in [-0.2, -0.15) is 0 Å². The lowest BCUT2D eigenvalue weighted by atomic mass is 10.3. The zero-order valence-corrected chi connectivity index (χ0v) is 9.99. The van der Waals surface area contributed by atoms with Gasteiger partial charge < -0.3 is 15.2 Å². The molecule has 0 fully saturated rings. The number of nitrogens with one attached hydrogen (secondary N) is 2. The second kappa shape index (κ2) is 8.51. The number of amides is 3. The van der Waals surface area contributed by atoms with Crippen LogP contribution in [-0.2, 0) is 14.3 Å². The molecule has 98 valence electrons. The van der Waals surface area contributed by atoms with Crippen molar-refractivity contribution in [3.8, 4) is 0 Å². The number of carbonyl (C=O) groups is 3. The first kappa shape index (κ1) is 15.4. The van der Waals surface area contributed by atoms with Crippen LogP contribution in [0.2, 0.25) is 0 Å². The summed E-state index contributed by atoms with van der Waals surface area (Å²) in [4.78, 5) is 32.4. The van der Waals surface area contributed by atoms with Gasteiger partial charge in [0.25, 0.3) is 0 Å². The molecular weight excluding hydrogens is 228 g/mol. The van der Waals surface area contributed by atoms with Gasteiger partial charge in [-0.3, -0.25) is 14.9 Å². The quantitative estimate of drug-likeness (QED) is 0.591. The molecule has 1 unspecified atom stereocenters. The Hall–Kier alpha value is -1.63. The molecule has 0 radical (unpaired) electrons. The zero-order chi connectivity index (χ0) is 13.3. The number of hydrogen-bond donors (Lipinski definition) is 3. The zero-order valence-electron chi connectivity index (χ0n) is 9.99. The van der Waals surface area contributed by atoms with E-state index in [9.17, 15) is 14.4 Å². The van der Waals surface area contributed by atoms with Gasteiger partial charge in [-0.1, -0.05) is 0 Å². The van der Waals surface area contributed by atoms with E-state index < -0.39 is 17.9 Å². The number of carboxylic acids is 1. The summed E-state index contributed by atoms with van der Waals surface area (Å²) in [7, 11) is 0. The van der Waals surface area contributed by atoms with Crippen LogP contribution >= 0.6 is 0 Å². The summed E-state index contributed by atoms with van der Waals surface area (Å²) >= 11 is 0. The molecule has 3 amide bonds. The number of rotatable bonds is 7. The van der Waals surface area contributed by atoms with Crippen LogP contribution in [0.15, 0.2) is 0 Å². The third-order valence-corrected chi connectivity index (χ3v) is 1.82. The average Bonchev–Trinajstić information content (AvgIpc) is 2.24. The molecule has 0 saturated heterocycles. The Bertz CT molecular complexity index is 280. The topological polar surface area (TPSA) is 105 Å². The van der Waals surface area contributed by atoms with Gasteiger partial charge in [-0.25, -0.2) is 4.79 Å². The summed E-state index contributed by atoms with van der Waals surface area (Å²) in [6, 6.07) is -0.646. The molecule has 7 nitrogen and oxygen atoms in total. The molecule has 3 N–H and O–H groups in total. The van der Waals surface area contributed by atoms with E-state index >= 15 is 0 Å². The SMILES string of the molecule is CCOC(C)CNC(=O)NC(=O)CCC(=O)O. The van der Waals surface area contributed by atoms with Crippen LogP contribution in [0.5, 0.6) is 0 Å². The van der Waals surface area contributed by atoms with Crippen molar-refractivity contribution in [1.82, 2.24) is 10.6 Å². The Balaban J connectivity index is 3.71. The van der Waals surface area contributed by atoms with Gasteiger partial charge in [0, 0.05) is 19.6 Å². The Morgan fingerprint density at radius 2 is 1.94 bits per heavy atom. The van der Waals surface area contributed by atoms with E-state index in [4.69, 9.17) is 9.84 Å². The first-order valence-corrected chi connectivity index (χ1v) is 5.36. The van der Waals surface area contributed by atoms with Crippen LogP contribution in [-0.4, -0.2) is 42.3 Å². The number of imide groups is 1. The Labute approximate surface area is 99.5 Å². The van der Waals surface area contributed by atoms with Crippen LogP contribution in [0.4, 0.5) is 4.79 Å². The fraction of sp³-hybridized carbons (Fsp3) is 0.700. The minimum absolute atomic E-state index is 0.139. The van der Waals surface area contributed by atoms with Crippen molar-refractivity contribution in [2.75, 3.05) is 13.2 Å². The van der Waals surface area contributed by atoms with Crippen molar-refractivity contribution in [3.63, 3.8) is 0 Å². The molecule has 1 atom stereocenters. The largest absolute Gasteiger partial charge is 0.481 e. The third kappa shape index (κ3) is 9.31. The summed E-state index contributed by atoms with van der Waals surface area (Å²) in [6.45, 7) is 4.45. The molecular formula is C10H18N2O5. The second-order valence-electron chi connectivity index (χ2n) is 3.42. The number of carbonyl (C=O) groups excluding carboxylic acids is 2. The van der Waals surface area contributed by atoms with Gasteiger partial charge in [-0.15, -0.1) is 0 Å². The van der Waals surface area contributed by atoms with Gasteiger partial charge in [0.1, 0.15) is 0 Å². The fourth-order valence-electron chi connectivity index (χ4n) is 1.03. The highest BCUT2D eigenvalue weighted by Gasteiger charge is 2.10. The first-order valence-electron chi connectivity index (χ1n) is 5.36. The molecule has 0 rings (SSSR count). The summed E-state index contributed by atoms with van der Waals surface area (Å²) in [5, 5.41) is 12.8. The maximum absolute atomic E-state index is 11.2. The van der Waals surface area contributed by atoms with E-state index in [2.05, 4.69) is 5.32 Å². The number of hydrogen-bond acceptors (Lipinski definition) is 4. The lowest BCUT2D eigenvalue weighted by Crippen LogP contribution is -2.42. The Kier molecular flexibility index (Phi) is 7.70. The molecule has 0 aliphatic heterocycles. The van der Waals surface area contributed by atoms with Crippen molar-refractivity contribution < 1.29 is 24.2 Å². The van der Waals surface area contributed by atoms with E-state index in [1.54, 1.807) is 6.92 Å². The van der Waals surface area contributed by atoms with Gasteiger partial charge in [0.2, 0.25) is 5.91 Å². The van der Waals surface area contributed by atoms with Gasteiger partial charge in [-0.05, 0) is 13.8 Å². The lowest BCUT2D eigenvalue weighted by Gasteiger charge is -2.12. The lowest BCUT2D eigenvalue weighted by molar-refractivity contribution is -0.138. The van der Waals surface area contributed by atoms with Crippen molar-refractivity contribution in [1.29, 1.82) is 0 Å². The molecule has 0 aromatic rings. The molecule has 0 saturated carbocycles. The van der Waals surface area contributed by atoms with Crippen molar-refractivity contribution in [2.45, 2.75) is 32.8 Å². The molecule has 0 heterocycles. The van der Waals surface area contributed by atoms with Gasteiger partial charge in [0.15, 0.2) is 0 Å². The predicted octanol–water partition coefficient (Wildman–Crippen LogP) is 0.102. The van der Waals surface area contributed by atoms with Crippen LogP contribution in [0.3, 0.4) is 0 Å². The second-order valence-corrected chi connectivity index (χ2v) is 3.42. The van der Waals surface area contributed by atoms with Crippen LogP contribution < -0.4 is 10.6 Å². The Morgan fingerprint density at radius 3 is 2.47 bits per heavy atom. The molecule has 0 aromatic heterocycles. The highest BCUT2D eigenvalue weighted by molar-refractivity contribution is 5.95. The molecule has 0 bridgehead atoms. The number of aliphatic carboxylic acids is 1. The molecule has 17 heavy (non-hydrogen) atoms. The van der Waals surface area contributed by atoms with Crippen molar-refractivity contribution >= 4 is 17.9 Å². The number of carboxylic acid groups (broad SMARTS) is 1. The van der Waals surface area contributed by atoms with E-state index in [1.165, 1.54) is 0 Å². The normalized spacial score (nSPS) is 11.6.